The summed E-state index contributed by atoms with van der Waals surface area (Å²) in [5, 5.41) is 0.557. The van der Waals surface area contributed by atoms with Crippen LogP contribution >= 0.6 is 35.3 Å². The molecule has 122 valence electrons. The molecule has 6 heteroatoms. The predicted molar refractivity (Wildman–Crippen MR) is 96.0 cm³/mol. The Morgan fingerprint density at radius 3 is 1.48 bits per heavy atom. The summed E-state index contributed by atoms with van der Waals surface area (Å²) in [6, 6.07) is 0. The molecule has 0 aromatic carbocycles. The van der Waals surface area contributed by atoms with Crippen LogP contribution in [0.5, 0.6) is 0 Å². The maximum atomic E-state index is 11.8. The molecule has 0 aromatic heterocycles. The molecule has 3 nitrogen and oxygen atoms in total. The van der Waals surface area contributed by atoms with E-state index in [0.717, 1.165) is 19.3 Å². The fraction of sp³-hybridized carbons (Fsp3) is 0.800. The van der Waals surface area contributed by atoms with Gasteiger partial charge in [-0.15, -0.1) is 0 Å². The summed E-state index contributed by atoms with van der Waals surface area (Å²) in [5.74, 6) is 1.23. The SMILES string of the molecule is CCCC(=O)SCC(CSC(=O)CCC)SC(=O)CCC. The topological polar surface area (TPSA) is 51.2 Å². The Balaban J connectivity index is 4.29. The van der Waals surface area contributed by atoms with Crippen molar-refractivity contribution < 1.29 is 14.4 Å². The fourth-order valence-corrected chi connectivity index (χ4v) is 4.96. The van der Waals surface area contributed by atoms with Crippen LogP contribution in [-0.2, 0) is 14.4 Å². The van der Waals surface area contributed by atoms with Gasteiger partial charge in [0, 0.05) is 36.0 Å². The van der Waals surface area contributed by atoms with Crippen molar-refractivity contribution in [2.75, 3.05) is 11.5 Å². The van der Waals surface area contributed by atoms with Crippen molar-refractivity contribution in [2.24, 2.45) is 0 Å². The van der Waals surface area contributed by atoms with Crippen molar-refractivity contribution in [1.29, 1.82) is 0 Å². The molecule has 0 aliphatic heterocycles. The van der Waals surface area contributed by atoms with E-state index in [1.54, 1.807) is 0 Å². The van der Waals surface area contributed by atoms with Gasteiger partial charge in [0.1, 0.15) is 0 Å². The minimum atomic E-state index is 0.0423. The van der Waals surface area contributed by atoms with E-state index in [1.165, 1.54) is 35.3 Å². The first-order valence-corrected chi connectivity index (χ1v) is 10.4. The highest BCUT2D eigenvalue weighted by Crippen LogP contribution is 2.25. The van der Waals surface area contributed by atoms with Crippen molar-refractivity contribution in [3.05, 3.63) is 0 Å². The van der Waals surface area contributed by atoms with Crippen LogP contribution in [-0.4, -0.2) is 32.1 Å². The lowest BCUT2D eigenvalue weighted by molar-refractivity contribution is -0.111. The zero-order valence-corrected chi connectivity index (χ0v) is 15.6. The summed E-state index contributed by atoms with van der Waals surface area (Å²) < 4.78 is 0. The van der Waals surface area contributed by atoms with E-state index < -0.39 is 0 Å². The number of hydrogen-bond acceptors (Lipinski definition) is 6. The number of thioether (sulfide) groups is 3. The van der Waals surface area contributed by atoms with E-state index in [9.17, 15) is 14.4 Å². The third kappa shape index (κ3) is 12.3. The van der Waals surface area contributed by atoms with Crippen LogP contribution in [0, 0.1) is 0 Å². The number of hydrogen-bond donors (Lipinski definition) is 0. The monoisotopic (exact) mass is 350 g/mol. The van der Waals surface area contributed by atoms with Gasteiger partial charge in [0.15, 0.2) is 15.3 Å². The Hall–Kier alpha value is 0.0600. The van der Waals surface area contributed by atoms with Gasteiger partial charge in [-0.1, -0.05) is 56.1 Å². The van der Waals surface area contributed by atoms with Gasteiger partial charge >= 0.3 is 0 Å². The molecule has 0 fully saturated rings. The zero-order valence-electron chi connectivity index (χ0n) is 13.2. The van der Waals surface area contributed by atoms with E-state index in [0.29, 0.717) is 30.8 Å². The average molecular weight is 351 g/mol. The molecule has 0 aliphatic carbocycles. The molecule has 0 atom stereocenters. The van der Waals surface area contributed by atoms with Crippen LogP contribution in [0.4, 0.5) is 0 Å². The van der Waals surface area contributed by atoms with Crippen molar-refractivity contribution in [1.82, 2.24) is 0 Å². The van der Waals surface area contributed by atoms with Crippen LogP contribution in [0.3, 0.4) is 0 Å². The molecule has 0 bridgehead atoms. The molecular formula is C15H26O3S3. The molecule has 0 N–H and O–H groups in total. The highest BCUT2D eigenvalue weighted by molar-refractivity contribution is 8.19. The minimum absolute atomic E-state index is 0.0423. The zero-order chi connectivity index (χ0) is 16.1. The summed E-state index contributed by atoms with van der Waals surface area (Å²) >= 11 is 3.90. The van der Waals surface area contributed by atoms with Gasteiger partial charge in [-0.05, 0) is 19.3 Å². The smallest absolute Gasteiger partial charge is 0.189 e. The first kappa shape index (κ1) is 21.1. The molecule has 0 saturated heterocycles. The van der Waals surface area contributed by atoms with Crippen molar-refractivity contribution in [3.63, 3.8) is 0 Å². The molecule has 0 amide bonds. The van der Waals surface area contributed by atoms with Gasteiger partial charge in [0.05, 0.1) is 0 Å². The molecule has 0 heterocycles. The van der Waals surface area contributed by atoms with Crippen LogP contribution in [0.1, 0.15) is 59.3 Å². The van der Waals surface area contributed by atoms with E-state index in [1.807, 2.05) is 20.8 Å². The summed E-state index contributed by atoms with van der Waals surface area (Å²) in [6.07, 6.45) is 4.24. The van der Waals surface area contributed by atoms with Crippen molar-refractivity contribution >= 4 is 50.6 Å². The summed E-state index contributed by atoms with van der Waals surface area (Å²) in [4.78, 5) is 35.0. The van der Waals surface area contributed by atoms with E-state index >= 15 is 0 Å². The highest BCUT2D eigenvalue weighted by Gasteiger charge is 2.18. The van der Waals surface area contributed by atoms with Crippen LogP contribution in [0.25, 0.3) is 0 Å². The van der Waals surface area contributed by atoms with Crippen molar-refractivity contribution in [3.8, 4) is 0 Å². The Kier molecular flexibility index (Phi) is 13.7. The Bertz CT molecular complexity index is 310. The maximum Gasteiger partial charge on any atom is 0.189 e. The van der Waals surface area contributed by atoms with Gasteiger partial charge < -0.3 is 0 Å². The average Bonchev–Trinajstić information content (AvgIpc) is 2.42. The first-order valence-electron chi connectivity index (χ1n) is 7.54. The van der Waals surface area contributed by atoms with Crippen molar-refractivity contribution in [2.45, 2.75) is 64.5 Å². The maximum absolute atomic E-state index is 11.8. The lowest BCUT2D eigenvalue weighted by atomic mass is 10.4. The minimum Gasteiger partial charge on any atom is -0.287 e. The van der Waals surface area contributed by atoms with E-state index in [-0.39, 0.29) is 20.6 Å². The molecule has 21 heavy (non-hydrogen) atoms. The second-order valence-electron chi connectivity index (χ2n) is 4.73. The molecule has 0 unspecified atom stereocenters. The second-order valence-corrected chi connectivity index (χ2v) is 8.24. The quantitative estimate of drug-likeness (QED) is 0.545. The third-order valence-electron chi connectivity index (χ3n) is 2.52. The molecule has 0 saturated carbocycles. The van der Waals surface area contributed by atoms with Crippen LogP contribution < -0.4 is 0 Å². The predicted octanol–water partition coefficient (Wildman–Crippen LogP) is 4.53. The number of carbonyl (C=O) groups excluding carboxylic acids is 3. The summed E-state index contributed by atoms with van der Waals surface area (Å²) in [7, 11) is 0. The van der Waals surface area contributed by atoms with Gasteiger partial charge in [0.2, 0.25) is 0 Å². The van der Waals surface area contributed by atoms with E-state index in [2.05, 4.69) is 0 Å². The molecule has 0 spiro atoms. The first-order chi connectivity index (χ1) is 10.0. The van der Waals surface area contributed by atoms with Crippen LogP contribution in [0.2, 0.25) is 0 Å². The van der Waals surface area contributed by atoms with E-state index in [4.69, 9.17) is 0 Å². The number of rotatable bonds is 11. The Morgan fingerprint density at radius 2 is 1.10 bits per heavy atom. The fourth-order valence-electron chi connectivity index (χ4n) is 1.49. The van der Waals surface area contributed by atoms with Gasteiger partial charge in [-0.3, -0.25) is 14.4 Å². The normalized spacial score (nSPS) is 10.9. The third-order valence-corrected chi connectivity index (χ3v) is 6.27. The largest absolute Gasteiger partial charge is 0.287 e. The molecule has 0 aliphatic rings. The lowest BCUT2D eigenvalue weighted by Crippen LogP contribution is -2.15. The summed E-state index contributed by atoms with van der Waals surface area (Å²) in [5.41, 5.74) is 0. The summed E-state index contributed by atoms with van der Waals surface area (Å²) in [6.45, 7) is 5.94. The van der Waals surface area contributed by atoms with Crippen LogP contribution in [0.15, 0.2) is 0 Å². The Labute approximate surface area is 141 Å². The van der Waals surface area contributed by atoms with Gasteiger partial charge in [-0.2, -0.15) is 0 Å². The standard InChI is InChI=1S/C15H26O3S3/c1-4-7-13(16)19-10-12(21-15(18)9-6-3)11-20-14(17)8-5-2/h12H,4-11H2,1-3H3. The molecule has 0 radical (unpaired) electrons. The highest BCUT2D eigenvalue weighted by atomic mass is 32.2. The molecular weight excluding hydrogens is 324 g/mol. The lowest BCUT2D eigenvalue weighted by Gasteiger charge is -2.14. The second kappa shape index (κ2) is 13.7. The number of carbonyl (C=O) groups is 3. The molecule has 0 aromatic rings. The van der Waals surface area contributed by atoms with Gasteiger partial charge in [-0.25, -0.2) is 0 Å². The Morgan fingerprint density at radius 1 is 0.714 bits per heavy atom. The molecule has 0 rings (SSSR count). The van der Waals surface area contributed by atoms with Gasteiger partial charge in [0.25, 0.3) is 0 Å².